The third kappa shape index (κ3) is 4.79. The van der Waals surface area contributed by atoms with Crippen LogP contribution in [-0.4, -0.2) is 71.9 Å². The highest BCUT2D eigenvalue weighted by molar-refractivity contribution is 5.59. The molecule has 2 aliphatic rings. The van der Waals surface area contributed by atoms with E-state index in [4.69, 9.17) is 9.73 Å². The van der Waals surface area contributed by atoms with Gasteiger partial charge in [0, 0.05) is 30.5 Å². The van der Waals surface area contributed by atoms with Gasteiger partial charge in [0.05, 0.1) is 25.5 Å². The summed E-state index contributed by atoms with van der Waals surface area (Å²) < 4.78 is 7.02. The third-order valence-corrected chi connectivity index (χ3v) is 5.95. The van der Waals surface area contributed by atoms with Crippen LogP contribution in [0.25, 0.3) is 11.7 Å². The molecular weight excluding hydrogens is 450 g/mol. The lowest BCUT2D eigenvalue weighted by atomic mass is 10.2. The first-order valence-electron chi connectivity index (χ1n) is 11.6. The van der Waals surface area contributed by atoms with Crippen LogP contribution in [0.15, 0.2) is 40.2 Å². The summed E-state index contributed by atoms with van der Waals surface area (Å²) in [5.41, 5.74) is 2.77. The lowest BCUT2D eigenvalue weighted by Crippen LogP contribution is -2.35. The number of fused-ring (bicyclic) bond motifs is 1. The van der Waals surface area contributed by atoms with Crippen molar-refractivity contribution in [2.24, 2.45) is 4.99 Å². The summed E-state index contributed by atoms with van der Waals surface area (Å²) >= 11 is 0. The molecule has 1 saturated heterocycles. The zero-order valence-corrected chi connectivity index (χ0v) is 18.9. The molecule has 3 aromatic heterocycles. The summed E-state index contributed by atoms with van der Waals surface area (Å²) in [6.07, 6.45) is 5.26. The van der Waals surface area contributed by atoms with Crippen LogP contribution in [0.5, 0.6) is 5.88 Å². The quantitative estimate of drug-likeness (QED) is 0.305. The average molecular weight is 476 g/mol. The van der Waals surface area contributed by atoms with E-state index < -0.39 is 5.69 Å². The van der Waals surface area contributed by atoms with E-state index in [2.05, 4.69) is 47.4 Å². The molecule has 1 aromatic carbocycles. The number of aromatic nitrogens is 6. The van der Waals surface area contributed by atoms with Crippen LogP contribution in [0.1, 0.15) is 24.1 Å². The van der Waals surface area contributed by atoms with E-state index in [1.165, 1.54) is 5.56 Å². The highest BCUT2D eigenvalue weighted by Gasteiger charge is 2.21. The standard InChI is InChI=1S/C23H25N9O3/c33-20-18(27-23(34)29-20)11-15-12-24-32-19(15)28-21(30-22(32)26-16-4-5-16)25-17-3-1-2-14(10-17)13-31-6-8-35-9-7-31/h1-3,10-12,16,33H,4-9,13H2,(H,25,26,30)(H2,27,29,34). The summed E-state index contributed by atoms with van der Waals surface area (Å²) in [6, 6.07) is 8.41. The second-order valence-electron chi connectivity index (χ2n) is 8.74. The molecule has 180 valence electrons. The molecule has 0 amide bonds. The zero-order valence-electron chi connectivity index (χ0n) is 18.9. The Morgan fingerprint density at radius 3 is 2.86 bits per heavy atom. The summed E-state index contributed by atoms with van der Waals surface area (Å²) in [6.45, 7) is 4.22. The van der Waals surface area contributed by atoms with Crippen LogP contribution < -0.4 is 21.8 Å². The first-order chi connectivity index (χ1) is 17.1. The number of nitrogens with zero attached hydrogens (tertiary/aromatic N) is 6. The molecule has 12 heteroatoms. The highest BCUT2D eigenvalue weighted by Crippen LogP contribution is 2.22. The van der Waals surface area contributed by atoms with E-state index in [-0.39, 0.29) is 17.6 Å². The van der Waals surface area contributed by atoms with Crippen molar-refractivity contribution in [3.05, 3.63) is 63.0 Å². The number of aromatic hydroxyl groups is 1. The number of ether oxygens (including phenoxy) is 1. The van der Waals surface area contributed by atoms with E-state index in [1.807, 2.05) is 12.1 Å². The summed E-state index contributed by atoms with van der Waals surface area (Å²) in [4.78, 5) is 32.7. The van der Waals surface area contributed by atoms with Crippen molar-refractivity contribution >= 4 is 23.4 Å². The third-order valence-electron chi connectivity index (χ3n) is 5.95. The van der Waals surface area contributed by atoms with Gasteiger partial charge < -0.3 is 20.1 Å². The summed E-state index contributed by atoms with van der Waals surface area (Å²) in [5.74, 6) is 0.143. The molecule has 0 spiro atoms. The van der Waals surface area contributed by atoms with Crippen molar-refractivity contribution < 1.29 is 9.84 Å². The van der Waals surface area contributed by atoms with Crippen molar-refractivity contribution in [3.63, 3.8) is 0 Å². The highest BCUT2D eigenvalue weighted by atomic mass is 16.5. The number of H-pyrrole nitrogens is 2. The van der Waals surface area contributed by atoms with E-state index in [1.54, 1.807) is 16.8 Å². The molecular formula is C23H25N9O3. The molecule has 12 nitrogen and oxygen atoms in total. The molecule has 35 heavy (non-hydrogen) atoms. The van der Waals surface area contributed by atoms with Gasteiger partial charge >= 0.3 is 5.69 Å². The molecule has 4 heterocycles. The number of aromatic amines is 2. The minimum Gasteiger partial charge on any atom is -0.493 e. The van der Waals surface area contributed by atoms with Gasteiger partial charge in [-0.25, -0.2) is 9.79 Å². The lowest BCUT2D eigenvalue weighted by Gasteiger charge is -2.26. The van der Waals surface area contributed by atoms with Gasteiger partial charge in [0.2, 0.25) is 11.8 Å². The van der Waals surface area contributed by atoms with Crippen LogP contribution in [0.3, 0.4) is 0 Å². The number of hydrogen-bond donors (Lipinski definition) is 4. The number of rotatable bonds is 6. The summed E-state index contributed by atoms with van der Waals surface area (Å²) in [7, 11) is 0. The minimum atomic E-state index is -0.497. The van der Waals surface area contributed by atoms with E-state index in [0.29, 0.717) is 22.4 Å². The SMILES string of the molecule is O=c1[nH]c(O)c(C=c2cnn3c(=NC4CC4)nc(Nc4cccc(CN5CCOCC5)c4)nc23)[nH]1. The predicted molar refractivity (Wildman–Crippen MR) is 127 cm³/mol. The molecule has 0 atom stereocenters. The molecule has 0 bridgehead atoms. The Bertz CT molecular complexity index is 1540. The van der Waals surface area contributed by atoms with Gasteiger partial charge in [-0.1, -0.05) is 12.1 Å². The Morgan fingerprint density at radius 2 is 2.09 bits per heavy atom. The smallest absolute Gasteiger partial charge is 0.326 e. The molecule has 2 fully saturated rings. The second-order valence-corrected chi connectivity index (χ2v) is 8.74. The van der Waals surface area contributed by atoms with Crippen LogP contribution >= 0.6 is 0 Å². The van der Waals surface area contributed by atoms with Crippen LogP contribution in [0, 0.1) is 0 Å². The van der Waals surface area contributed by atoms with Crippen molar-refractivity contribution in [2.45, 2.75) is 25.4 Å². The maximum atomic E-state index is 11.5. The van der Waals surface area contributed by atoms with E-state index in [9.17, 15) is 9.90 Å². The van der Waals surface area contributed by atoms with Gasteiger partial charge in [0.25, 0.3) is 5.62 Å². The lowest BCUT2D eigenvalue weighted by molar-refractivity contribution is 0.0342. The van der Waals surface area contributed by atoms with Crippen molar-refractivity contribution in [1.29, 1.82) is 0 Å². The van der Waals surface area contributed by atoms with Gasteiger partial charge in [0.1, 0.15) is 5.69 Å². The molecule has 0 unspecified atom stereocenters. The maximum Gasteiger partial charge on any atom is 0.326 e. The second kappa shape index (κ2) is 8.96. The van der Waals surface area contributed by atoms with Crippen molar-refractivity contribution in [2.75, 3.05) is 31.6 Å². The normalized spacial score (nSPS) is 17.9. The predicted octanol–water partition coefficient (Wildman–Crippen LogP) is 0.0329. The number of morpholine rings is 1. The van der Waals surface area contributed by atoms with E-state index >= 15 is 0 Å². The van der Waals surface area contributed by atoms with Crippen LogP contribution in [-0.2, 0) is 11.3 Å². The molecule has 4 aromatic rings. The first-order valence-corrected chi connectivity index (χ1v) is 11.6. The van der Waals surface area contributed by atoms with E-state index in [0.717, 1.165) is 51.4 Å². The topological polar surface area (TPSA) is 149 Å². The van der Waals surface area contributed by atoms with Gasteiger partial charge in [-0.2, -0.15) is 19.6 Å². The minimum absolute atomic E-state index is 0.236. The van der Waals surface area contributed by atoms with Gasteiger partial charge in [-0.05, 0) is 36.6 Å². The van der Waals surface area contributed by atoms with Crippen molar-refractivity contribution in [1.82, 2.24) is 34.4 Å². The number of hydrogen-bond acceptors (Lipinski definition) is 9. The Kier molecular flexibility index (Phi) is 5.51. The largest absolute Gasteiger partial charge is 0.493 e. The van der Waals surface area contributed by atoms with Crippen molar-refractivity contribution in [3.8, 4) is 5.88 Å². The Hall–Kier alpha value is -4.03. The molecule has 1 aliphatic carbocycles. The molecule has 0 radical (unpaired) electrons. The molecule has 4 N–H and O–H groups in total. The fourth-order valence-corrected chi connectivity index (χ4v) is 4.03. The number of nitrogens with one attached hydrogen (secondary N) is 3. The van der Waals surface area contributed by atoms with Crippen LogP contribution in [0.2, 0.25) is 0 Å². The Morgan fingerprint density at radius 1 is 1.23 bits per heavy atom. The van der Waals surface area contributed by atoms with Gasteiger partial charge in [-0.3, -0.25) is 9.88 Å². The monoisotopic (exact) mass is 475 g/mol. The molecule has 1 aliphatic heterocycles. The van der Waals surface area contributed by atoms with Gasteiger partial charge in [0.15, 0.2) is 5.65 Å². The molecule has 6 rings (SSSR count). The maximum absolute atomic E-state index is 11.5. The van der Waals surface area contributed by atoms with Crippen LogP contribution in [0.4, 0.5) is 11.6 Å². The number of anilines is 2. The average Bonchev–Trinajstić information content (AvgIpc) is 3.48. The fraction of sp³-hybridized carbons (Fsp3) is 0.348. The summed E-state index contributed by atoms with van der Waals surface area (Å²) in [5, 5.41) is 18.3. The fourth-order valence-electron chi connectivity index (χ4n) is 4.03. The Balaban J connectivity index is 1.37. The first kappa shape index (κ1) is 21.5. The zero-order chi connectivity index (χ0) is 23.8. The molecule has 1 saturated carbocycles. The Labute approximate surface area is 199 Å². The van der Waals surface area contributed by atoms with Gasteiger partial charge in [-0.15, -0.1) is 0 Å². The number of imidazole rings is 1. The number of benzene rings is 1.